The predicted octanol–water partition coefficient (Wildman–Crippen LogP) is 3.71. The minimum Gasteiger partial charge on any atom is -0.393 e. The predicted molar refractivity (Wildman–Crippen MR) is 98.6 cm³/mol. The molecule has 2 heterocycles. The molecular weight excluding hydrogens is 314 g/mol. The van der Waals surface area contributed by atoms with Crippen molar-refractivity contribution in [3.05, 3.63) is 17.5 Å². The SMILES string of the molecule is CCC(CC)n1ncc(C(=O)N2CCCC[C@@H]2[C@H]2CCC[C@@H]2O)c1C. The fourth-order valence-corrected chi connectivity index (χ4v) is 4.86. The third-order valence-corrected chi connectivity index (χ3v) is 6.40. The molecule has 1 aromatic rings. The Balaban J connectivity index is 1.83. The van der Waals surface area contributed by atoms with Crippen LogP contribution in [0.5, 0.6) is 0 Å². The quantitative estimate of drug-likeness (QED) is 0.883. The molecule has 1 amide bonds. The van der Waals surface area contributed by atoms with Crippen molar-refractivity contribution >= 4 is 5.91 Å². The van der Waals surface area contributed by atoms with E-state index in [0.717, 1.165) is 69.2 Å². The summed E-state index contributed by atoms with van der Waals surface area (Å²) in [5.74, 6) is 0.358. The Bertz CT molecular complexity index is 594. The van der Waals surface area contributed by atoms with Crippen LogP contribution in [0.25, 0.3) is 0 Å². The van der Waals surface area contributed by atoms with E-state index < -0.39 is 0 Å². The third-order valence-electron chi connectivity index (χ3n) is 6.40. The zero-order valence-electron chi connectivity index (χ0n) is 15.9. The van der Waals surface area contributed by atoms with Crippen LogP contribution in [0.2, 0.25) is 0 Å². The highest BCUT2D eigenvalue weighted by molar-refractivity contribution is 5.95. The van der Waals surface area contributed by atoms with Gasteiger partial charge in [0.05, 0.1) is 23.9 Å². The van der Waals surface area contributed by atoms with Crippen molar-refractivity contribution in [2.24, 2.45) is 5.92 Å². The molecule has 0 spiro atoms. The summed E-state index contributed by atoms with van der Waals surface area (Å²) in [7, 11) is 0. The lowest BCUT2D eigenvalue weighted by molar-refractivity contribution is 0.0287. The minimum atomic E-state index is -0.244. The first kappa shape index (κ1) is 18.4. The maximum Gasteiger partial charge on any atom is 0.257 e. The molecule has 1 aliphatic heterocycles. The fourth-order valence-electron chi connectivity index (χ4n) is 4.86. The van der Waals surface area contributed by atoms with Crippen molar-refractivity contribution < 1.29 is 9.90 Å². The first-order valence-electron chi connectivity index (χ1n) is 10.1. The van der Waals surface area contributed by atoms with Crippen LogP contribution in [0.3, 0.4) is 0 Å². The van der Waals surface area contributed by atoms with Crippen LogP contribution in [0.1, 0.15) is 87.3 Å². The Morgan fingerprint density at radius 3 is 2.64 bits per heavy atom. The van der Waals surface area contributed by atoms with Crippen LogP contribution in [0.4, 0.5) is 0 Å². The van der Waals surface area contributed by atoms with Gasteiger partial charge in [-0.1, -0.05) is 20.3 Å². The van der Waals surface area contributed by atoms with E-state index in [4.69, 9.17) is 0 Å². The van der Waals surface area contributed by atoms with E-state index in [0.29, 0.717) is 6.04 Å². The maximum absolute atomic E-state index is 13.3. The molecule has 3 rings (SSSR count). The lowest BCUT2D eigenvalue weighted by Crippen LogP contribution is -2.49. The molecule has 1 aromatic heterocycles. The van der Waals surface area contributed by atoms with E-state index in [9.17, 15) is 9.90 Å². The molecule has 1 N–H and O–H groups in total. The molecule has 1 saturated carbocycles. The van der Waals surface area contributed by atoms with E-state index >= 15 is 0 Å². The summed E-state index contributed by atoms with van der Waals surface area (Å²) >= 11 is 0. The minimum absolute atomic E-state index is 0.110. The summed E-state index contributed by atoms with van der Waals surface area (Å²) in [4.78, 5) is 15.3. The first-order valence-corrected chi connectivity index (χ1v) is 10.1. The number of carbonyl (C=O) groups excluding carboxylic acids is 1. The maximum atomic E-state index is 13.3. The van der Waals surface area contributed by atoms with Crippen molar-refractivity contribution in [3.8, 4) is 0 Å². The second kappa shape index (κ2) is 7.90. The number of amides is 1. The summed E-state index contributed by atoms with van der Waals surface area (Å²) in [6.07, 6.45) is 9.80. The number of likely N-dealkylation sites (tertiary alicyclic amines) is 1. The van der Waals surface area contributed by atoms with E-state index in [1.807, 2.05) is 16.5 Å². The van der Waals surface area contributed by atoms with Gasteiger partial charge in [-0.05, 0) is 51.9 Å². The van der Waals surface area contributed by atoms with Crippen LogP contribution < -0.4 is 0 Å². The second-order valence-electron chi connectivity index (χ2n) is 7.78. The van der Waals surface area contributed by atoms with Gasteiger partial charge in [0.15, 0.2) is 0 Å². The summed E-state index contributed by atoms with van der Waals surface area (Å²) in [6, 6.07) is 0.546. The molecule has 140 valence electrons. The molecule has 1 saturated heterocycles. The van der Waals surface area contributed by atoms with Gasteiger partial charge in [-0.3, -0.25) is 9.48 Å². The van der Waals surface area contributed by atoms with E-state index in [1.54, 1.807) is 6.20 Å². The Labute approximate surface area is 151 Å². The number of carbonyl (C=O) groups is 1. The molecule has 3 atom stereocenters. The lowest BCUT2D eigenvalue weighted by Gasteiger charge is -2.40. The highest BCUT2D eigenvalue weighted by Gasteiger charge is 2.39. The van der Waals surface area contributed by atoms with Crippen LogP contribution in [-0.2, 0) is 0 Å². The number of nitrogens with zero attached hydrogens (tertiary/aromatic N) is 3. The van der Waals surface area contributed by atoms with Gasteiger partial charge in [0, 0.05) is 24.2 Å². The molecule has 0 aromatic carbocycles. The van der Waals surface area contributed by atoms with Crippen LogP contribution in [0.15, 0.2) is 6.20 Å². The first-order chi connectivity index (χ1) is 12.1. The highest BCUT2D eigenvalue weighted by atomic mass is 16.3. The van der Waals surface area contributed by atoms with Gasteiger partial charge in [-0.2, -0.15) is 5.10 Å². The Kier molecular flexibility index (Phi) is 5.82. The van der Waals surface area contributed by atoms with Gasteiger partial charge in [-0.15, -0.1) is 0 Å². The van der Waals surface area contributed by atoms with Crippen LogP contribution in [-0.4, -0.2) is 44.4 Å². The third kappa shape index (κ3) is 3.48. The zero-order chi connectivity index (χ0) is 18.0. The molecule has 5 nitrogen and oxygen atoms in total. The number of aliphatic hydroxyl groups excluding tert-OH is 1. The molecular formula is C20H33N3O2. The molecule has 0 radical (unpaired) electrons. The summed E-state index contributed by atoms with van der Waals surface area (Å²) in [5, 5.41) is 14.9. The topological polar surface area (TPSA) is 58.4 Å². The average Bonchev–Trinajstić information content (AvgIpc) is 3.22. The summed E-state index contributed by atoms with van der Waals surface area (Å²) in [5.41, 5.74) is 1.72. The van der Waals surface area contributed by atoms with E-state index in [2.05, 4.69) is 18.9 Å². The van der Waals surface area contributed by atoms with Gasteiger partial charge in [0.1, 0.15) is 0 Å². The molecule has 0 unspecified atom stereocenters. The number of aliphatic hydroxyl groups is 1. The Morgan fingerprint density at radius 2 is 2.00 bits per heavy atom. The van der Waals surface area contributed by atoms with Crippen molar-refractivity contribution in [1.82, 2.24) is 14.7 Å². The summed E-state index contributed by atoms with van der Waals surface area (Å²) < 4.78 is 2.02. The van der Waals surface area contributed by atoms with Crippen molar-refractivity contribution in [2.45, 2.75) is 90.3 Å². The second-order valence-corrected chi connectivity index (χ2v) is 7.78. The molecule has 5 heteroatoms. The molecule has 0 bridgehead atoms. The average molecular weight is 348 g/mol. The largest absolute Gasteiger partial charge is 0.393 e. The van der Waals surface area contributed by atoms with E-state index in [-0.39, 0.29) is 24.0 Å². The van der Waals surface area contributed by atoms with Gasteiger partial charge < -0.3 is 10.0 Å². The fraction of sp³-hybridized carbons (Fsp3) is 0.800. The molecule has 25 heavy (non-hydrogen) atoms. The van der Waals surface area contributed by atoms with Crippen LogP contribution >= 0.6 is 0 Å². The number of rotatable bonds is 5. The molecule has 1 aliphatic carbocycles. The standard InChI is InChI=1S/C20H33N3O2/c1-4-15(5-2)23-14(3)17(13-21-23)20(25)22-12-7-6-10-18(22)16-9-8-11-19(16)24/h13,15-16,18-19,24H,4-12H2,1-3H3/t16-,18-,19+/m1/s1. The molecule has 2 aliphatic rings. The Hall–Kier alpha value is -1.36. The molecule has 2 fully saturated rings. The van der Waals surface area contributed by atoms with Crippen LogP contribution in [0, 0.1) is 12.8 Å². The highest BCUT2D eigenvalue weighted by Crippen LogP contribution is 2.36. The van der Waals surface area contributed by atoms with E-state index in [1.165, 1.54) is 0 Å². The normalized spacial score (nSPS) is 27.2. The summed E-state index contributed by atoms with van der Waals surface area (Å²) in [6.45, 7) is 7.15. The van der Waals surface area contributed by atoms with Gasteiger partial charge in [0.25, 0.3) is 5.91 Å². The Morgan fingerprint density at radius 1 is 1.24 bits per heavy atom. The smallest absolute Gasteiger partial charge is 0.257 e. The number of aromatic nitrogens is 2. The lowest BCUT2D eigenvalue weighted by atomic mass is 9.87. The number of hydrogen-bond acceptors (Lipinski definition) is 3. The van der Waals surface area contributed by atoms with Gasteiger partial charge >= 0.3 is 0 Å². The van der Waals surface area contributed by atoms with Crippen molar-refractivity contribution in [1.29, 1.82) is 0 Å². The monoisotopic (exact) mass is 347 g/mol. The van der Waals surface area contributed by atoms with Crippen molar-refractivity contribution in [3.63, 3.8) is 0 Å². The number of piperidine rings is 1. The number of hydrogen-bond donors (Lipinski definition) is 1. The van der Waals surface area contributed by atoms with Gasteiger partial charge in [0.2, 0.25) is 0 Å². The van der Waals surface area contributed by atoms with Crippen molar-refractivity contribution in [2.75, 3.05) is 6.54 Å². The van der Waals surface area contributed by atoms with Gasteiger partial charge in [-0.25, -0.2) is 0 Å². The zero-order valence-corrected chi connectivity index (χ0v) is 15.9.